The van der Waals surface area contributed by atoms with Gasteiger partial charge in [0.1, 0.15) is 0 Å². The molecule has 0 saturated carbocycles. The predicted molar refractivity (Wildman–Crippen MR) is 81.6 cm³/mol. The van der Waals surface area contributed by atoms with Crippen molar-refractivity contribution in [2.45, 2.75) is 27.7 Å². The number of benzene rings is 1. The second-order valence-electron chi connectivity index (χ2n) is 5.49. The second kappa shape index (κ2) is 7.39. The van der Waals surface area contributed by atoms with Crippen LogP contribution in [0.4, 0.5) is 10.5 Å². The van der Waals surface area contributed by atoms with E-state index in [-0.39, 0.29) is 6.03 Å². The van der Waals surface area contributed by atoms with Gasteiger partial charge >= 0.3 is 6.03 Å². The van der Waals surface area contributed by atoms with Gasteiger partial charge in [-0.25, -0.2) is 4.79 Å². The van der Waals surface area contributed by atoms with Crippen LogP contribution in [0.1, 0.15) is 27.7 Å². The van der Waals surface area contributed by atoms with Gasteiger partial charge in [0, 0.05) is 17.3 Å². The average Bonchev–Trinajstić information content (AvgIpc) is 2.31. The summed E-state index contributed by atoms with van der Waals surface area (Å²) in [6.07, 6.45) is 0. The maximum absolute atomic E-state index is 11.8. The predicted octanol–water partition coefficient (Wildman–Crippen LogP) is 4.39. The van der Waals surface area contributed by atoms with Gasteiger partial charge in [-0.2, -0.15) is 0 Å². The van der Waals surface area contributed by atoms with Crippen molar-refractivity contribution in [3.05, 3.63) is 29.3 Å². The van der Waals surface area contributed by atoms with E-state index in [1.165, 1.54) is 0 Å². The van der Waals surface area contributed by atoms with E-state index in [1.54, 1.807) is 24.3 Å². The van der Waals surface area contributed by atoms with Crippen molar-refractivity contribution >= 4 is 23.3 Å². The lowest BCUT2D eigenvalue weighted by Gasteiger charge is -2.25. The molecule has 0 radical (unpaired) electrons. The van der Waals surface area contributed by atoms with Crippen LogP contribution < -0.4 is 10.6 Å². The third-order valence-electron chi connectivity index (χ3n) is 3.31. The zero-order valence-electron chi connectivity index (χ0n) is 12.0. The number of anilines is 1. The molecule has 0 aliphatic rings. The number of nitrogens with one attached hydrogen (secondary N) is 2. The molecule has 0 saturated heterocycles. The number of carbonyl (C=O) groups excluding carboxylic acids is 1. The van der Waals surface area contributed by atoms with E-state index in [1.807, 2.05) is 0 Å². The van der Waals surface area contributed by atoms with Gasteiger partial charge in [0.2, 0.25) is 0 Å². The van der Waals surface area contributed by atoms with Crippen LogP contribution in [0.5, 0.6) is 0 Å². The van der Waals surface area contributed by atoms with Crippen LogP contribution >= 0.6 is 11.6 Å². The Labute approximate surface area is 120 Å². The monoisotopic (exact) mass is 282 g/mol. The Bertz CT molecular complexity index is 393. The fourth-order valence-corrected chi connectivity index (χ4v) is 2.29. The highest BCUT2D eigenvalue weighted by atomic mass is 35.5. The molecule has 0 atom stereocenters. The second-order valence-corrected chi connectivity index (χ2v) is 5.93. The zero-order chi connectivity index (χ0) is 14.4. The molecule has 2 N–H and O–H groups in total. The topological polar surface area (TPSA) is 41.1 Å². The van der Waals surface area contributed by atoms with E-state index in [2.05, 4.69) is 38.3 Å². The molecular weight excluding hydrogens is 260 g/mol. The molecule has 3 nitrogen and oxygen atoms in total. The van der Waals surface area contributed by atoms with E-state index >= 15 is 0 Å². The fraction of sp³-hybridized carbons (Fsp3) is 0.533. The summed E-state index contributed by atoms with van der Waals surface area (Å²) in [6, 6.07) is 6.90. The first-order valence-corrected chi connectivity index (χ1v) is 7.08. The van der Waals surface area contributed by atoms with Crippen molar-refractivity contribution in [2.75, 3.05) is 11.9 Å². The van der Waals surface area contributed by atoms with Gasteiger partial charge < -0.3 is 10.6 Å². The minimum absolute atomic E-state index is 0.173. The first-order chi connectivity index (χ1) is 8.90. The van der Waals surface area contributed by atoms with Gasteiger partial charge in [-0.15, -0.1) is 0 Å². The van der Waals surface area contributed by atoms with Crippen molar-refractivity contribution in [3.8, 4) is 0 Å². The Balaban J connectivity index is 2.45. The lowest BCUT2D eigenvalue weighted by atomic mass is 9.85. The molecule has 1 aromatic rings. The number of hydrogen-bond donors (Lipinski definition) is 2. The Morgan fingerprint density at radius 2 is 1.63 bits per heavy atom. The van der Waals surface area contributed by atoms with E-state index in [4.69, 9.17) is 11.6 Å². The molecular formula is C15H23ClN2O. The Morgan fingerprint density at radius 1 is 1.11 bits per heavy atom. The number of halogens is 1. The summed E-state index contributed by atoms with van der Waals surface area (Å²) in [5.74, 6) is 1.59. The molecule has 0 spiro atoms. The van der Waals surface area contributed by atoms with Gasteiger partial charge in [-0.3, -0.25) is 0 Å². The molecule has 0 unspecified atom stereocenters. The van der Waals surface area contributed by atoms with E-state index in [0.717, 1.165) is 5.69 Å². The minimum Gasteiger partial charge on any atom is -0.338 e. The summed E-state index contributed by atoms with van der Waals surface area (Å²) in [7, 11) is 0. The van der Waals surface area contributed by atoms with Crippen LogP contribution in [0.15, 0.2) is 24.3 Å². The summed E-state index contributed by atoms with van der Waals surface area (Å²) in [5, 5.41) is 6.38. The van der Waals surface area contributed by atoms with Crippen LogP contribution in [-0.2, 0) is 0 Å². The van der Waals surface area contributed by atoms with Gasteiger partial charge in [0.25, 0.3) is 0 Å². The van der Waals surface area contributed by atoms with E-state index in [9.17, 15) is 4.79 Å². The van der Waals surface area contributed by atoms with E-state index in [0.29, 0.717) is 29.3 Å². The summed E-state index contributed by atoms with van der Waals surface area (Å²) >= 11 is 5.79. The van der Waals surface area contributed by atoms with Crippen molar-refractivity contribution in [3.63, 3.8) is 0 Å². The number of rotatable bonds is 5. The lowest BCUT2D eigenvalue weighted by Crippen LogP contribution is -2.36. The molecule has 106 valence electrons. The van der Waals surface area contributed by atoms with Crippen LogP contribution in [0, 0.1) is 17.8 Å². The smallest absolute Gasteiger partial charge is 0.319 e. The maximum atomic E-state index is 11.8. The first kappa shape index (κ1) is 15.8. The van der Waals surface area contributed by atoms with Crippen molar-refractivity contribution in [1.82, 2.24) is 5.32 Å². The molecule has 1 rings (SSSR count). The highest BCUT2D eigenvalue weighted by Gasteiger charge is 2.18. The zero-order valence-corrected chi connectivity index (χ0v) is 12.8. The fourth-order valence-electron chi connectivity index (χ4n) is 2.16. The van der Waals surface area contributed by atoms with Gasteiger partial charge in [-0.1, -0.05) is 39.3 Å². The first-order valence-electron chi connectivity index (χ1n) is 6.70. The third-order valence-corrected chi connectivity index (χ3v) is 3.56. The lowest BCUT2D eigenvalue weighted by molar-refractivity contribution is 0.239. The molecule has 2 amide bonds. The summed E-state index contributed by atoms with van der Waals surface area (Å²) < 4.78 is 0. The normalized spacial score (nSPS) is 11.2. The molecule has 0 aromatic heterocycles. The van der Waals surface area contributed by atoms with Crippen LogP contribution in [0.3, 0.4) is 0 Å². The van der Waals surface area contributed by atoms with Gasteiger partial charge in [0.05, 0.1) is 0 Å². The summed E-state index contributed by atoms with van der Waals surface area (Å²) in [6.45, 7) is 9.43. The Kier molecular flexibility index (Phi) is 6.16. The van der Waals surface area contributed by atoms with Crippen molar-refractivity contribution < 1.29 is 4.79 Å². The van der Waals surface area contributed by atoms with Gasteiger partial charge in [-0.05, 0) is 42.0 Å². The molecule has 0 aliphatic carbocycles. The Hall–Kier alpha value is -1.22. The van der Waals surface area contributed by atoms with Crippen LogP contribution in [0.25, 0.3) is 0 Å². The van der Waals surface area contributed by atoms with Gasteiger partial charge in [0.15, 0.2) is 0 Å². The molecule has 0 bridgehead atoms. The maximum Gasteiger partial charge on any atom is 0.319 e. The summed E-state index contributed by atoms with van der Waals surface area (Å²) in [5.41, 5.74) is 0.743. The standard InChI is InChI=1S/C15H23ClN2O/c1-10(2)14(11(3)4)9-17-15(19)18-13-7-5-12(16)6-8-13/h5-8,10-11,14H,9H2,1-4H3,(H2,17,18,19). The number of carbonyl (C=O) groups is 1. The molecule has 1 aromatic carbocycles. The van der Waals surface area contributed by atoms with Crippen molar-refractivity contribution in [2.24, 2.45) is 17.8 Å². The number of hydrogen-bond acceptors (Lipinski definition) is 1. The number of amides is 2. The SMILES string of the molecule is CC(C)C(CNC(=O)Nc1ccc(Cl)cc1)C(C)C. The molecule has 19 heavy (non-hydrogen) atoms. The minimum atomic E-state index is -0.173. The van der Waals surface area contributed by atoms with Crippen LogP contribution in [-0.4, -0.2) is 12.6 Å². The molecule has 0 fully saturated rings. The quantitative estimate of drug-likeness (QED) is 0.826. The summed E-state index contributed by atoms with van der Waals surface area (Å²) in [4.78, 5) is 11.8. The highest BCUT2D eigenvalue weighted by Crippen LogP contribution is 2.19. The Morgan fingerprint density at radius 3 is 2.11 bits per heavy atom. The van der Waals surface area contributed by atoms with E-state index < -0.39 is 0 Å². The molecule has 4 heteroatoms. The third kappa shape index (κ3) is 5.52. The van der Waals surface area contributed by atoms with Crippen molar-refractivity contribution in [1.29, 1.82) is 0 Å². The molecule has 0 aliphatic heterocycles. The number of urea groups is 1. The van der Waals surface area contributed by atoms with Crippen LogP contribution in [0.2, 0.25) is 5.02 Å². The highest BCUT2D eigenvalue weighted by molar-refractivity contribution is 6.30. The average molecular weight is 283 g/mol. The largest absolute Gasteiger partial charge is 0.338 e. The molecule has 0 heterocycles.